The Bertz CT molecular complexity index is 1550. The predicted molar refractivity (Wildman–Crippen MR) is 130 cm³/mol. The van der Waals surface area contributed by atoms with Crippen molar-refractivity contribution >= 4 is 39.1 Å². The Morgan fingerprint density at radius 2 is 1.69 bits per heavy atom. The number of nitrogens with zero attached hydrogens (tertiary/aromatic N) is 3. The quantitative estimate of drug-likeness (QED) is 0.297. The highest BCUT2D eigenvalue weighted by atomic mass is 35.5. The summed E-state index contributed by atoms with van der Waals surface area (Å²) >= 11 is 6.23. The molecule has 1 aliphatic heterocycles. The molecule has 2 N–H and O–H groups in total. The topological polar surface area (TPSA) is 131 Å². The zero-order valence-corrected chi connectivity index (χ0v) is 21.2. The van der Waals surface area contributed by atoms with Gasteiger partial charge in [0.25, 0.3) is 21.8 Å². The van der Waals surface area contributed by atoms with Crippen molar-refractivity contribution in [3.63, 3.8) is 0 Å². The van der Waals surface area contributed by atoms with Gasteiger partial charge in [0.2, 0.25) is 12.4 Å². The SMILES string of the molecule is CC(C)(C)c1ccc(S(=O)(=O)Nc2ccc(Cl)c3c2C(=O)N(Cc2cc(C#N)c[n+](O)c2)C3=O)cc1. The van der Waals surface area contributed by atoms with E-state index in [0.717, 1.165) is 10.5 Å². The van der Waals surface area contributed by atoms with E-state index in [1.807, 2.05) is 26.8 Å². The molecule has 184 valence electrons. The van der Waals surface area contributed by atoms with Crippen LogP contribution in [0.25, 0.3) is 0 Å². The number of benzene rings is 2. The van der Waals surface area contributed by atoms with Gasteiger partial charge in [0.05, 0.1) is 33.3 Å². The molecule has 3 aromatic rings. The van der Waals surface area contributed by atoms with Gasteiger partial charge in [-0.25, -0.2) is 8.42 Å². The van der Waals surface area contributed by atoms with Crippen LogP contribution in [0.4, 0.5) is 5.69 Å². The highest BCUT2D eigenvalue weighted by Crippen LogP contribution is 2.36. The molecular weight excluding hydrogens is 504 g/mol. The van der Waals surface area contributed by atoms with Gasteiger partial charge < -0.3 is 0 Å². The lowest BCUT2D eigenvalue weighted by molar-refractivity contribution is -0.905. The maximum absolute atomic E-state index is 13.3. The normalized spacial score (nSPS) is 13.5. The van der Waals surface area contributed by atoms with Crippen LogP contribution in [-0.2, 0) is 22.0 Å². The molecule has 36 heavy (non-hydrogen) atoms. The number of pyridine rings is 1. The monoisotopic (exact) mass is 525 g/mol. The fourth-order valence-electron chi connectivity index (χ4n) is 3.89. The number of halogens is 1. The van der Waals surface area contributed by atoms with Gasteiger partial charge in [-0.15, -0.1) is 0 Å². The lowest BCUT2D eigenvalue weighted by Crippen LogP contribution is -2.33. The first-order valence-corrected chi connectivity index (χ1v) is 12.6. The first kappa shape index (κ1) is 25.2. The Morgan fingerprint density at radius 3 is 2.31 bits per heavy atom. The average Bonchev–Trinajstić information content (AvgIpc) is 3.06. The standard InChI is InChI=1S/C25H21ClN4O5S/c1-25(2,3)17-4-6-18(7-5-17)36(34,35)28-20-9-8-19(26)21-22(20)24(32)30(23(21)31)14-16-10-15(11-27)12-29(33)13-16/h4-10,12-13H,14H2,1-3H3,(H-,28,32,33)/p+1. The van der Waals surface area contributed by atoms with Crippen molar-refractivity contribution in [3.8, 4) is 6.07 Å². The number of sulfonamides is 1. The molecule has 0 atom stereocenters. The summed E-state index contributed by atoms with van der Waals surface area (Å²) in [5, 5.41) is 18.9. The molecule has 0 aliphatic carbocycles. The van der Waals surface area contributed by atoms with Gasteiger partial charge >= 0.3 is 0 Å². The summed E-state index contributed by atoms with van der Waals surface area (Å²) in [7, 11) is -4.09. The number of anilines is 1. The third-order valence-corrected chi connectivity index (χ3v) is 7.42. The fourth-order valence-corrected chi connectivity index (χ4v) is 5.20. The third-order valence-electron chi connectivity index (χ3n) is 5.73. The number of imide groups is 1. The number of nitrogens with one attached hydrogen (secondary N) is 1. The number of hydrogen-bond donors (Lipinski definition) is 2. The molecule has 2 amide bonds. The molecular formula is C25H22ClN4O5S+. The second kappa shape index (κ2) is 8.93. The number of aromatic nitrogens is 1. The van der Waals surface area contributed by atoms with Crippen molar-refractivity contribution in [3.05, 3.63) is 87.7 Å². The Balaban J connectivity index is 1.68. The summed E-state index contributed by atoms with van der Waals surface area (Å²) in [6.45, 7) is 5.77. The second-order valence-corrected chi connectivity index (χ2v) is 11.4. The molecule has 2 heterocycles. The average molecular weight is 526 g/mol. The van der Waals surface area contributed by atoms with E-state index in [4.69, 9.17) is 16.9 Å². The van der Waals surface area contributed by atoms with E-state index in [1.165, 1.54) is 42.7 Å². The van der Waals surface area contributed by atoms with Crippen LogP contribution < -0.4 is 9.45 Å². The number of fused-ring (bicyclic) bond motifs is 1. The predicted octanol–water partition coefficient (Wildman–Crippen LogP) is 3.63. The highest BCUT2D eigenvalue weighted by Gasteiger charge is 2.40. The van der Waals surface area contributed by atoms with Crippen LogP contribution >= 0.6 is 11.6 Å². The minimum Gasteiger partial charge on any atom is -0.285 e. The van der Waals surface area contributed by atoms with E-state index in [2.05, 4.69) is 4.72 Å². The van der Waals surface area contributed by atoms with Crippen molar-refractivity contribution in [2.75, 3.05) is 4.72 Å². The molecule has 1 aliphatic rings. The number of hydrogen-bond acceptors (Lipinski definition) is 6. The second-order valence-electron chi connectivity index (χ2n) is 9.35. The van der Waals surface area contributed by atoms with Gasteiger partial charge in [-0.05, 0) is 41.3 Å². The van der Waals surface area contributed by atoms with Gasteiger partial charge in [0.1, 0.15) is 11.6 Å². The van der Waals surface area contributed by atoms with E-state index in [1.54, 1.807) is 12.1 Å². The van der Waals surface area contributed by atoms with Crippen LogP contribution in [0.5, 0.6) is 0 Å². The molecule has 9 nitrogen and oxygen atoms in total. The minimum absolute atomic E-state index is 0.00588. The molecule has 2 aromatic carbocycles. The van der Waals surface area contributed by atoms with E-state index >= 15 is 0 Å². The number of rotatable bonds is 5. The van der Waals surface area contributed by atoms with Gasteiger partial charge in [0, 0.05) is 10.3 Å². The van der Waals surface area contributed by atoms with Gasteiger partial charge in [0.15, 0.2) is 0 Å². The van der Waals surface area contributed by atoms with Crippen LogP contribution in [0.3, 0.4) is 0 Å². The zero-order chi connectivity index (χ0) is 26.4. The van der Waals surface area contributed by atoms with Crippen molar-refractivity contribution in [1.29, 1.82) is 5.26 Å². The van der Waals surface area contributed by atoms with Crippen LogP contribution in [0.15, 0.2) is 59.8 Å². The summed E-state index contributed by atoms with van der Waals surface area (Å²) in [5.74, 6) is -1.48. The molecule has 0 unspecified atom stereocenters. The van der Waals surface area contributed by atoms with Gasteiger partial charge in [-0.3, -0.25) is 24.4 Å². The summed E-state index contributed by atoms with van der Waals surface area (Å²) < 4.78 is 29.3. The van der Waals surface area contributed by atoms with Gasteiger partial charge in [-0.1, -0.05) is 44.5 Å². The minimum atomic E-state index is -4.09. The molecule has 0 radical (unpaired) electrons. The largest absolute Gasteiger partial charge is 0.285 e. The molecule has 0 saturated carbocycles. The molecule has 11 heteroatoms. The van der Waals surface area contributed by atoms with E-state index in [0.29, 0.717) is 10.3 Å². The molecule has 1 aromatic heterocycles. The number of carbonyl (C=O) groups excluding carboxylic acids is 2. The van der Waals surface area contributed by atoms with Crippen LogP contribution in [0, 0.1) is 11.3 Å². The Kier molecular flexibility index (Phi) is 6.24. The van der Waals surface area contributed by atoms with Crippen molar-refractivity contribution in [1.82, 2.24) is 4.90 Å². The maximum Gasteiger partial charge on any atom is 0.264 e. The molecule has 0 saturated heterocycles. The summed E-state index contributed by atoms with van der Waals surface area (Å²) in [4.78, 5) is 27.3. The van der Waals surface area contributed by atoms with Crippen molar-refractivity contribution in [2.45, 2.75) is 37.6 Å². The van der Waals surface area contributed by atoms with Gasteiger partial charge in [-0.2, -0.15) is 5.26 Å². The van der Waals surface area contributed by atoms with Crippen molar-refractivity contribution in [2.24, 2.45) is 0 Å². The number of carbonyl (C=O) groups is 2. The van der Waals surface area contributed by atoms with Crippen LogP contribution in [0.1, 0.15) is 58.2 Å². The van der Waals surface area contributed by atoms with Crippen LogP contribution in [-0.4, -0.2) is 30.3 Å². The number of nitriles is 1. The molecule has 0 fully saturated rings. The third kappa shape index (κ3) is 4.63. The smallest absolute Gasteiger partial charge is 0.264 e. The maximum atomic E-state index is 13.3. The molecule has 0 bridgehead atoms. The molecule has 0 spiro atoms. The van der Waals surface area contributed by atoms with Crippen LogP contribution in [0.2, 0.25) is 5.02 Å². The Morgan fingerprint density at radius 1 is 1.06 bits per heavy atom. The van der Waals surface area contributed by atoms with E-state index in [-0.39, 0.29) is 44.3 Å². The highest BCUT2D eigenvalue weighted by molar-refractivity contribution is 7.92. The van der Waals surface area contributed by atoms with E-state index in [9.17, 15) is 23.2 Å². The molecule has 4 rings (SSSR count). The Labute approximate surface area is 213 Å². The number of amides is 2. The zero-order valence-electron chi connectivity index (χ0n) is 19.6. The lowest BCUT2D eigenvalue weighted by Gasteiger charge is -2.19. The summed E-state index contributed by atoms with van der Waals surface area (Å²) in [5.41, 5.74) is 0.839. The Hall–Kier alpha value is -3.94. The summed E-state index contributed by atoms with van der Waals surface area (Å²) in [6.07, 6.45) is 2.42. The summed E-state index contributed by atoms with van der Waals surface area (Å²) in [6, 6.07) is 12.4. The van der Waals surface area contributed by atoms with Crippen molar-refractivity contribution < 1.29 is 27.9 Å². The lowest BCUT2D eigenvalue weighted by atomic mass is 9.87. The fraction of sp³-hybridized carbons (Fsp3) is 0.200. The first-order valence-electron chi connectivity index (χ1n) is 10.8. The van der Waals surface area contributed by atoms with E-state index < -0.39 is 21.8 Å². The first-order chi connectivity index (χ1) is 16.8.